The van der Waals surface area contributed by atoms with Crippen molar-refractivity contribution in [1.29, 1.82) is 0 Å². The maximum atomic E-state index is 5.17. The predicted octanol–water partition coefficient (Wildman–Crippen LogP) is 1.86. The van der Waals surface area contributed by atoms with Gasteiger partial charge in [-0.15, -0.1) is 10.2 Å². The first-order valence-corrected chi connectivity index (χ1v) is 6.98. The number of nitrogens with zero attached hydrogens (tertiary/aromatic N) is 4. The van der Waals surface area contributed by atoms with E-state index in [1.54, 1.807) is 7.11 Å². The van der Waals surface area contributed by atoms with Crippen molar-refractivity contribution < 1.29 is 4.74 Å². The van der Waals surface area contributed by atoms with Gasteiger partial charge in [0.15, 0.2) is 0 Å². The molecule has 0 saturated carbocycles. The summed E-state index contributed by atoms with van der Waals surface area (Å²) in [7, 11) is 3.80. The molecule has 2 heterocycles. The van der Waals surface area contributed by atoms with Crippen LogP contribution in [-0.2, 0) is 26.1 Å². The monoisotopic (exact) mass is 272 g/mol. The van der Waals surface area contributed by atoms with Gasteiger partial charge in [-0.25, -0.2) is 0 Å². The van der Waals surface area contributed by atoms with Crippen LogP contribution >= 0.6 is 0 Å². The van der Waals surface area contributed by atoms with Crippen LogP contribution in [0.5, 0.6) is 5.75 Å². The van der Waals surface area contributed by atoms with Gasteiger partial charge in [-0.3, -0.25) is 4.90 Å². The summed E-state index contributed by atoms with van der Waals surface area (Å²) in [5.74, 6) is 3.11. The molecule has 0 amide bonds. The van der Waals surface area contributed by atoms with Crippen molar-refractivity contribution in [2.75, 3.05) is 14.2 Å². The molecule has 0 atom stereocenters. The highest BCUT2D eigenvalue weighted by Crippen LogP contribution is 2.16. The third-order valence-corrected chi connectivity index (χ3v) is 3.71. The number of benzene rings is 1. The molecule has 0 unspecified atom stereocenters. The summed E-state index contributed by atoms with van der Waals surface area (Å²) >= 11 is 0. The Bertz CT molecular complexity index is 576. The van der Waals surface area contributed by atoms with Crippen molar-refractivity contribution in [2.24, 2.45) is 0 Å². The van der Waals surface area contributed by atoms with E-state index in [0.29, 0.717) is 0 Å². The Morgan fingerprint density at radius 3 is 2.75 bits per heavy atom. The number of methoxy groups -OCH3 is 1. The van der Waals surface area contributed by atoms with Crippen molar-refractivity contribution in [3.05, 3.63) is 41.5 Å². The molecular formula is C15H20N4O. The van der Waals surface area contributed by atoms with Crippen molar-refractivity contribution in [2.45, 2.75) is 32.5 Å². The molecule has 1 aliphatic heterocycles. The second-order valence-corrected chi connectivity index (χ2v) is 5.31. The first-order valence-electron chi connectivity index (χ1n) is 6.98. The highest BCUT2D eigenvalue weighted by atomic mass is 16.5. The fourth-order valence-corrected chi connectivity index (χ4v) is 2.67. The normalized spacial score (nSPS) is 13.8. The van der Waals surface area contributed by atoms with E-state index in [2.05, 4.69) is 38.8 Å². The van der Waals surface area contributed by atoms with Crippen LogP contribution in [0.25, 0.3) is 0 Å². The van der Waals surface area contributed by atoms with Gasteiger partial charge in [0, 0.05) is 19.5 Å². The Hall–Kier alpha value is -1.88. The third kappa shape index (κ3) is 2.67. The van der Waals surface area contributed by atoms with Gasteiger partial charge in [0.25, 0.3) is 0 Å². The maximum absolute atomic E-state index is 5.17. The van der Waals surface area contributed by atoms with Crippen LogP contribution in [0.3, 0.4) is 0 Å². The van der Waals surface area contributed by atoms with E-state index >= 15 is 0 Å². The molecule has 1 aromatic carbocycles. The highest BCUT2D eigenvalue weighted by molar-refractivity contribution is 5.27. The number of aromatic nitrogens is 3. The Morgan fingerprint density at radius 2 is 2.00 bits per heavy atom. The smallest absolute Gasteiger partial charge is 0.147 e. The van der Waals surface area contributed by atoms with Crippen LogP contribution in [0, 0.1) is 0 Å². The van der Waals surface area contributed by atoms with Gasteiger partial charge in [-0.2, -0.15) is 0 Å². The topological polar surface area (TPSA) is 43.2 Å². The molecule has 20 heavy (non-hydrogen) atoms. The minimum atomic E-state index is 0.832. The molecule has 106 valence electrons. The molecule has 0 fully saturated rings. The lowest BCUT2D eigenvalue weighted by Crippen LogP contribution is -2.20. The molecule has 1 aromatic heterocycles. The molecule has 0 N–H and O–H groups in total. The van der Waals surface area contributed by atoms with E-state index in [-0.39, 0.29) is 0 Å². The Labute approximate surface area is 119 Å². The predicted molar refractivity (Wildman–Crippen MR) is 76.5 cm³/mol. The van der Waals surface area contributed by atoms with Crippen molar-refractivity contribution >= 4 is 0 Å². The van der Waals surface area contributed by atoms with Crippen molar-refractivity contribution in [3.8, 4) is 5.75 Å². The van der Waals surface area contributed by atoms with Crippen molar-refractivity contribution in [3.63, 3.8) is 0 Å². The standard InChI is InChI=1S/C15H20N4O/c1-18(10-12-5-7-13(20-2)8-6-12)11-15-17-16-14-4-3-9-19(14)15/h5-8H,3-4,9-11H2,1-2H3. The van der Waals surface area contributed by atoms with Gasteiger partial charge < -0.3 is 9.30 Å². The molecular weight excluding hydrogens is 252 g/mol. The van der Waals surface area contributed by atoms with Gasteiger partial charge >= 0.3 is 0 Å². The van der Waals surface area contributed by atoms with E-state index in [1.807, 2.05) is 12.1 Å². The molecule has 0 radical (unpaired) electrons. The van der Waals surface area contributed by atoms with Gasteiger partial charge in [-0.05, 0) is 31.2 Å². The zero-order valence-corrected chi connectivity index (χ0v) is 12.0. The molecule has 5 heteroatoms. The first kappa shape index (κ1) is 13.1. The average molecular weight is 272 g/mol. The van der Waals surface area contributed by atoms with Crippen LogP contribution in [-0.4, -0.2) is 33.8 Å². The minimum absolute atomic E-state index is 0.832. The molecule has 3 rings (SSSR count). The molecule has 1 aliphatic rings. The molecule has 0 aliphatic carbocycles. The Morgan fingerprint density at radius 1 is 1.20 bits per heavy atom. The molecule has 0 bridgehead atoms. The Balaban J connectivity index is 1.62. The molecule has 2 aromatic rings. The van der Waals surface area contributed by atoms with Gasteiger partial charge in [0.2, 0.25) is 0 Å². The lowest BCUT2D eigenvalue weighted by Gasteiger charge is -2.16. The van der Waals surface area contributed by atoms with Crippen LogP contribution in [0.1, 0.15) is 23.6 Å². The summed E-state index contributed by atoms with van der Waals surface area (Å²) in [6.07, 6.45) is 2.26. The summed E-state index contributed by atoms with van der Waals surface area (Å²) in [4.78, 5) is 2.26. The average Bonchev–Trinajstić information content (AvgIpc) is 3.05. The summed E-state index contributed by atoms with van der Waals surface area (Å²) in [6.45, 7) is 2.79. The first-order chi connectivity index (χ1) is 9.76. The SMILES string of the molecule is COc1ccc(CN(C)Cc2nnc3n2CCC3)cc1. The van der Waals surface area contributed by atoms with Gasteiger partial charge in [0.05, 0.1) is 13.7 Å². The zero-order valence-electron chi connectivity index (χ0n) is 12.0. The largest absolute Gasteiger partial charge is 0.497 e. The maximum Gasteiger partial charge on any atom is 0.147 e. The van der Waals surface area contributed by atoms with E-state index in [1.165, 1.54) is 12.0 Å². The van der Waals surface area contributed by atoms with Crippen molar-refractivity contribution in [1.82, 2.24) is 19.7 Å². The fourth-order valence-electron chi connectivity index (χ4n) is 2.67. The molecule has 0 spiro atoms. The van der Waals surface area contributed by atoms with Gasteiger partial charge in [0.1, 0.15) is 17.4 Å². The summed E-state index contributed by atoms with van der Waals surface area (Å²) in [6, 6.07) is 8.20. The highest BCUT2D eigenvalue weighted by Gasteiger charge is 2.17. The zero-order chi connectivity index (χ0) is 13.9. The van der Waals surface area contributed by atoms with Crippen LogP contribution < -0.4 is 4.74 Å². The lowest BCUT2D eigenvalue weighted by molar-refractivity contribution is 0.305. The quantitative estimate of drug-likeness (QED) is 0.833. The number of hydrogen-bond donors (Lipinski definition) is 0. The van der Waals surface area contributed by atoms with E-state index in [4.69, 9.17) is 4.74 Å². The summed E-state index contributed by atoms with van der Waals surface area (Å²) in [5, 5.41) is 8.55. The number of rotatable bonds is 5. The van der Waals surface area contributed by atoms with Crippen LogP contribution in [0.4, 0.5) is 0 Å². The number of hydrogen-bond acceptors (Lipinski definition) is 4. The molecule has 5 nitrogen and oxygen atoms in total. The molecule has 0 saturated heterocycles. The third-order valence-electron chi connectivity index (χ3n) is 3.71. The van der Waals surface area contributed by atoms with Gasteiger partial charge in [-0.1, -0.05) is 12.1 Å². The van der Waals surface area contributed by atoms with E-state index < -0.39 is 0 Å². The minimum Gasteiger partial charge on any atom is -0.497 e. The Kier molecular flexibility index (Phi) is 3.69. The number of fused-ring (bicyclic) bond motifs is 1. The lowest BCUT2D eigenvalue weighted by atomic mass is 10.2. The second kappa shape index (κ2) is 5.63. The summed E-state index contributed by atoms with van der Waals surface area (Å²) < 4.78 is 7.43. The summed E-state index contributed by atoms with van der Waals surface area (Å²) in [5.41, 5.74) is 1.27. The van der Waals surface area contributed by atoms with E-state index in [0.717, 1.165) is 43.5 Å². The van der Waals surface area contributed by atoms with Crippen LogP contribution in [0.2, 0.25) is 0 Å². The number of ether oxygens (including phenoxy) is 1. The van der Waals surface area contributed by atoms with Crippen LogP contribution in [0.15, 0.2) is 24.3 Å². The fraction of sp³-hybridized carbons (Fsp3) is 0.467. The number of aryl methyl sites for hydroxylation is 1. The van der Waals surface area contributed by atoms with E-state index in [9.17, 15) is 0 Å². The second-order valence-electron chi connectivity index (χ2n) is 5.31.